The number of amides is 1. The molecule has 220 valence electrons. The molecule has 0 spiro atoms. The van der Waals surface area contributed by atoms with E-state index >= 15 is 0 Å². The van der Waals surface area contributed by atoms with Crippen molar-refractivity contribution in [1.29, 1.82) is 0 Å². The second-order valence-electron chi connectivity index (χ2n) is 10.3. The van der Waals surface area contributed by atoms with Gasteiger partial charge in [0.1, 0.15) is 17.1 Å². The molecule has 6 nitrogen and oxygen atoms in total. The lowest BCUT2D eigenvalue weighted by atomic mass is 9.80. The van der Waals surface area contributed by atoms with E-state index in [1.54, 1.807) is 21.1 Å². The van der Waals surface area contributed by atoms with E-state index in [9.17, 15) is 9.90 Å². The Morgan fingerprint density at radius 2 is 1.51 bits per heavy atom. The maximum absolute atomic E-state index is 12.9. The van der Waals surface area contributed by atoms with Gasteiger partial charge in [-0.25, -0.2) is 0 Å². The van der Waals surface area contributed by atoms with Crippen molar-refractivity contribution in [3.8, 4) is 11.5 Å². The van der Waals surface area contributed by atoms with Crippen molar-refractivity contribution >= 4 is 27.5 Å². The Balaban J connectivity index is 1.58. The highest BCUT2D eigenvalue weighted by atomic mass is 33.1. The molecule has 41 heavy (non-hydrogen) atoms. The average molecular weight is 596 g/mol. The monoisotopic (exact) mass is 595 g/mol. The van der Waals surface area contributed by atoms with Crippen molar-refractivity contribution in [3.05, 3.63) is 95.6 Å². The quantitative estimate of drug-likeness (QED) is 0.117. The Morgan fingerprint density at radius 1 is 0.927 bits per heavy atom. The number of nitrogens with one attached hydrogen (secondary N) is 1. The van der Waals surface area contributed by atoms with E-state index in [0.29, 0.717) is 11.7 Å². The fraction of sp³-hybridized carbons (Fsp3) is 0.424. The molecule has 4 rings (SSSR count). The molecule has 1 heterocycles. The fourth-order valence-corrected chi connectivity index (χ4v) is 8.12. The van der Waals surface area contributed by atoms with Crippen LogP contribution in [0.1, 0.15) is 55.7 Å². The van der Waals surface area contributed by atoms with E-state index < -0.39 is 17.7 Å². The Kier molecular flexibility index (Phi) is 11.9. The van der Waals surface area contributed by atoms with E-state index in [1.165, 1.54) is 12.2 Å². The summed E-state index contributed by atoms with van der Waals surface area (Å²) in [6, 6.07) is 25.1. The zero-order chi connectivity index (χ0) is 29.1. The number of rotatable bonds is 15. The molecular weight excluding hydrogens is 554 g/mol. The molecule has 1 amide bonds. The molecule has 3 aromatic rings. The second kappa shape index (κ2) is 15.5. The van der Waals surface area contributed by atoms with Crippen LogP contribution in [0.3, 0.4) is 0 Å². The van der Waals surface area contributed by atoms with E-state index in [1.807, 2.05) is 100 Å². The Morgan fingerprint density at radius 3 is 2.02 bits per heavy atom. The highest BCUT2D eigenvalue weighted by Gasteiger charge is 2.39. The van der Waals surface area contributed by atoms with Crippen LogP contribution in [0.4, 0.5) is 0 Å². The Labute approximate surface area is 252 Å². The molecule has 1 aliphatic rings. The van der Waals surface area contributed by atoms with Crippen molar-refractivity contribution < 1.29 is 24.1 Å². The zero-order valence-corrected chi connectivity index (χ0v) is 25.7. The SMILES string of the molecule is COc1ccc(C(OC[C@@H](NC(=O)CCCC[C@H]2CCSS2)[C@H](C)O)(c2ccccc2)c2ccc(OC)cc2)cc1. The van der Waals surface area contributed by atoms with Crippen molar-refractivity contribution in [2.45, 2.75) is 62.0 Å². The van der Waals surface area contributed by atoms with Crippen molar-refractivity contribution in [1.82, 2.24) is 5.32 Å². The molecule has 0 aliphatic carbocycles. The van der Waals surface area contributed by atoms with E-state index in [2.05, 4.69) is 5.32 Å². The normalized spacial score (nSPS) is 16.6. The number of aliphatic hydroxyl groups is 1. The molecule has 0 unspecified atom stereocenters. The number of unbranched alkanes of at least 4 members (excludes halogenated alkanes) is 1. The van der Waals surface area contributed by atoms with Gasteiger partial charge in [-0.05, 0) is 67.1 Å². The molecule has 3 aromatic carbocycles. The molecule has 8 heteroatoms. The molecule has 2 N–H and O–H groups in total. The van der Waals surface area contributed by atoms with Crippen LogP contribution < -0.4 is 14.8 Å². The first-order valence-corrected chi connectivity index (χ1v) is 16.6. The number of carbonyl (C=O) groups is 1. The molecule has 3 atom stereocenters. The standard InChI is InChI=1S/C33H41NO5S2/c1-24(35)31(34-32(36)12-8-7-11-30-21-22-40-41-30)23-39-33(25-9-5-4-6-10-25,26-13-17-28(37-2)18-14-26)27-15-19-29(38-3)20-16-27/h4-6,9-10,13-20,24,30-31,35H,7-8,11-12,21-23H2,1-3H3,(H,34,36)/t24-,30-,31+/m0/s1. The molecular formula is C33H41NO5S2. The van der Waals surface area contributed by atoms with Gasteiger partial charge in [0, 0.05) is 17.4 Å². The van der Waals surface area contributed by atoms with Crippen molar-refractivity contribution in [2.75, 3.05) is 26.6 Å². The van der Waals surface area contributed by atoms with Crippen LogP contribution in [0.15, 0.2) is 78.9 Å². The summed E-state index contributed by atoms with van der Waals surface area (Å²) in [5, 5.41) is 14.4. The summed E-state index contributed by atoms with van der Waals surface area (Å²) in [6.07, 6.45) is 3.92. The first kappa shape index (κ1) is 31.3. The van der Waals surface area contributed by atoms with Gasteiger partial charge in [0.05, 0.1) is 33.0 Å². The maximum atomic E-state index is 12.9. The number of methoxy groups -OCH3 is 2. The van der Waals surface area contributed by atoms with E-state index in [0.717, 1.165) is 47.5 Å². The predicted octanol–water partition coefficient (Wildman–Crippen LogP) is 6.59. The summed E-state index contributed by atoms with van der Waals surface area (Å²) in [4.78, 5) is 12.9. The number of aliphatic hydroxyl groups excluding tert-OH is 1. The van der Waals surface area contributed by atoms with Crippen molar-refractivity contribution in [2.24, 2.45) is 0 Å². The third-order valence-corrected chi connectivity index (χ3v) is 10.5. The van der Waals surface area contributed by atoms with Gasteiger partial charge in [0.15, 0.2) is 0 Å². The van der Waals surface area contributed by atoms with Crippen LogP contribution in [-0.2, 0) is 15.1 Å². The predicted molar refractivity (Wildman–Crippen MR) is 169 cm³/mol. The topological polar surface area (TPSA) is 77.0 Å². The lowest BCUT2D eigenvalue weighted by Gasteiger charge is -2.37. The van der Waals surface area contributed by atoms with Crippen LogP contribution in [0.2, 0.25) is 0 Å². The average Bonchev–Trinajstić information content (AvgIpc) is 3.54. The molecule has 0 radical (unpaired) electrons. The van der Waals surface area contributed by atoms with Crippen LogP contribution in [-0.4, -0.2) is 55.0 Å². The number of hydrogen-bond acceptors (Lipinski definition) is 7. The Bertz CT molecular complexity index is 1150. The van der Waals surface area contributed by atoms with E-state index in [4.69, 9.17) is 14.2 Å². The van der Waals surface area contributed by atoms with Gasteiger partial charge in [-0.1, -0.05) is 82.6 Å². The highest BCUT2D eigenvalue weighted by Crippen LogP contribution is 2.42. The largest absolute Gasteiger partial charge is 0.497 e. The van der Waals surface area contributed by atoms with Gasteiger partial charge in [-0.15, -0.1) is 0 Å². The zero-order valence-electron chi connectivity index (χ0n) is 24.1. The van der Waals surface area contributed by atoms with Gasteiger partial charge in [-0.3, -0.25) is 4.79 Å². The molecule has 1 saturated heterocycles. The van der Waals surface area contributed by atoms with Crippen LogP contribution >= 0.6 is 21.6 Å². The van der Waals surface area contributed by atoms with E-state index in [-0.39, 0.29) is 12.5 Å². The summed E-state index contributed by atoms with van der Waals surface area (Å²) >= 11 is 0. The second-order valence-corrected chi connectivity index (χ2v) is 13.1. The number of benzene rings is 3. The lowest BCUT2D eigenvalue weighted by molar-refractivity contribution is -0.124. The van der Waals surface area contributed by atoms with Crippen molar-refractivity contribution in [3.63, 3.8) is 0 Å². The maximum Gasteiger partial charge on any atom is 0.220 e. The molecule has 0 saturated carbocycles. The minimum atomic E-state index is -1.02. The summed E-state index contributed by atoms with van der Waals surface area (Å²) in [7, 11) is 7.20. The van der Waals surface area contributed by atoms with Crippen LogP contribution in [0.5, 0.6) is 11.5 Å². The first-order chi connectivity index (χ1) is 20.0. The van der Waals surface area contributed by atoms with Crippen LogP contribution in [0.25, 0.3) is 0 Å². The summed E-state index contributed by atoms with van der Waals surface area (Å²) in [5.41, 5.74) is 1.70. The number of carbonyl (C=O) groups excluding carboxylic acids is 1. The number of ether oxygens (including phenoxy) is 3. The highest BCUT2D eigenvalue weighted by molar-refractivity contribution is 8.77. The summed E-state index contributed by atoms with van der Waals surface area (Å²) in [5.74, 6) is 2.64. The molecule has 1 fully saturated rings. The van der Waals surface area contributed by atoms with Gasteiger partial charge < -0.3 is 24.6 Å². The fourth-order valence-electron chi connectivity index (χ4n) is 5.09. The smallest absolute Gasteiger partial charge is 0.220 e. The molecule has 0 bridgehead atoms. The first-order valence-electron chi connectivity index (χ1n) is 14.2. The van der Waals surface area contributed by atoms with Gasteiger partial charge >= 0.3 is 0 Å². The molecule has 0 aromatic heterocycles. The minimum absolute atomic E-state index is 0.0628. The minimum Gasteiger partial charge on any atom is -0.497 e. The van der Waals surface area contributed by atoms with Gasteiger partial charge in [0.2, 0.25) is 5.91 Å². The lowest BCUT2D eigenvalue weighted by Crippen LogP contribution is -2.47. The van der Waals surface area contributed by atoms with Gasteiger partial charge in [-0.2, -0.15) is 0 Å². The van der Waals surface area contributed by atoms with Crippen LogP contribution in [0, 0.1) is 0 Å². The summed E-state index contributed by atoms with van der Waals surface area (Å²) in [6.45, 7) is 1.79. The third kappa shape index (κ3) is 8.22. The third-order valence-electron chi connectivity index (χ3n) is 7.49. The van der Waals surface area contributed by atoms with Gasteiger partial charge in [0.25, 0.3) is 0 Å². The molecule has 1 aliphatic heterocycles. The summed E-state index contributed by atoms with van der Waals surface area (Å²) < 4.78 is 17.7. The number of hydrogen-bond donors (Lipinski definition) is 2. The Hall–Kier alpha value is -2.65.